The predicted molar refractivity (Wildman–Crippen MR) is 121 cm³/mol. The van der Waals surface area contributed by atoms with Gasteiger partial charge in [0.2, 0.25) is 0 Å². The third-order valence-corrected chi connectivity index (χ3v) is 5.37. The van der Waals surface area contributed by atoms with Gasteiger partial charge in [-0.1, -0.05) is 48.0 Å². The summed E-state index contributed by atoms with van der Waals surface area (Å²) >= 11 is 0. The lowest BCUT2D eigenvalue weighted by Gasteiger charge is -2.25. The van der Waals surface area contributed by atoms with Gasteiger partial charge in [-0.15, -0.1) is 0 Å². The van der Waals surface area contributed by atoms with Gasteiger partial charge in [-0.3, -0.25) is 14.6 Å². The molecule has 1 aliphatic rings. The number of likely N-dealkylation sites (tertiary alicyclic amines) is 1. The molecule has 1 N–H and O–H groups in total. The highest BCUT2D eigenvalue weighted by molar-refractivity contribution is 6.46. The second-order valence-corrected chi connectivity index (χ2v) is 7.62. The smallest absolute Gasteiger partial charge is 0.296 e. The van der Waals surface area contributed by atoms with Crippen LogP contribution in [0.25, 0.3) is 5.76 Å². The fourth-order valence-corrected chi connectivity index (χ4v) is 3.95. The van der Waals surface area contributed by atoms with Crippen LogP contribution in [0.3, 0.4) is 0 Å². The minimum atomic E-state index is -0.729. The standard InChI is InChI=1S/C26H24N2O4/c1-3-32-21-12-7-10-19(15-21)24(29)22-23(18-9-6-8-17(2)14-18)28(26(31)25(22)30)16-20-11-4-5-13-27-20/h4-15,23,29H,3,16H2,1-2H3/b24-22-. The first-order chi connectivity index (χ1) is 15.5. The monoisotopic (exact) mass is 428 g/mol. The van der Waals surface area contributed by atoms with E-state index in [9.17, 15) is 14.7 Å². The number of aliphatic hydroxyl groups is 1. The lowest BCUT2D eigenvalue weighted by molar-refractivity contribution is -0.140. The van der Waals surface area contributed by atoms with Crippen LogP contribution in [0.4, 0.5) is 0 Å². The molecule has 0 radical (unpaired) electrons. The highest BCUT2D eigenvalue weighted by atomic mass is 16.5. The minimum absolute atomic E-state index is 0.0604. The molecule has 1 fully saturated rings. The first-order valence-electron chi connectivity index (χ1n) is 10.5. The Bertz CT molecular complexity index is 1190. The Labute approximate surface area is 186 Å². The highest BCUT2D eigenvalue weighted by Crippen LogP contribution is 2.40. The van der Waals surface area contributed by atoms with Crippen molar-refractivity contribution in [3.63, 3.8) is 0 Å². The van der Waals surface area contributed by atoms with Gasteiger partial charge in [0.05, 0.1) is 30.5 Å². The van der Waals surface area contributed by atoms with E-state index < -0.39 is 17.7 Å². The number of Topliss-reactive ketones (excluding diaryl/α,β-unsaturated/α-hetero) is 1. The van der Waals surface area contributed by atoms with Gasteiger partial charge in [-0.05, 0) is 43.7 Å². The lowest BCUT2D eigenvalue weighted by Crippen LogP contribution is -2.29. The average Bonchev–Trinajstić information content (AvgIpc) is 3.05. The summed E-state index contributed by atoms with van der Waals surface area (Å²) in [5.74, 6) is -1.03. The van der Waals surface area contributed by atoms with E-state index in [1.807, 2.05) is 44.2 Å². The molecule has 1 unspecified atom stereocenters. The van der Waals surface area contributed by atoms with E-state index in [1.165, 1.54) is 4.90 Å². The molecule has 1 aromatic heterocycles. The molecule has 1 aliphatic heterocycles. The normalized spacial score (nSPS) is 17.6. The van der Waals surface area contributed by atoms with Crippen molar-refractivity contribution >= 4 is 17.4 Å². The van der Waals surface area contributed by atoms with Crippen molar-refractivity contribution in [3.05, 3.63) is 101 Å². The maximum atomic E-state index is 13.1. The number of hydrogen-bond donors (Lipinski definition) is 1. The Morgan fingerprint density at radius 1 is 1.06 bits per heavy atom. The first kappa shape index (κ1) is 21.3. The summed E-state index contributed by atoms with van der Waals surface area (Å²) in [5, 5.41) is 11.2. The number of nitrogens with zero attached hydrogens (tertiary/aromatic N) is 2. The van der Waals surface area contributed by atoms with Crippen LogP contribution in [0.5, 0.6) is 5.75 Å². The van der Waals surface area contributed by atoms with Crippen molar-refractivity contribution in [2.75, 3.05) is 6.61 Å². The largest absolute Gasteiger partial charge is 0.507 e. The fraction of sp³-hybridized carbons (Fsp3) is 0.192. The van der Waals surface area contributed by atoms with Crippen LogP contribution >= 0.6 is 0 Å². The molecule has 162 valence electrons. The van der Waals surface area contributed by atoms with Gasteiger partial charge in [-0.2, -0.15) is 0 Å². The fourth-order valence-electron chi connectivity index (χ4n) is 3.95. The number of ether oxygens (including phenoxy) is 1. The molecule has 0 spiro atoms. The molecule has 6 nitrogen and oxygen atoms in total. The van der Waals surface area contributed by atoms with E-state index in [-0.39, 0.29) is 17.9 Å². The van der Waals surface area contributed by atoms with Crippen LogP contribution in [0.1, 0.15) is 35.3 Å². The van der Waals surface area contributed by atoms with Crippen LogP contribution in [0.15, 0.2) is 78.5 Å². The third-order valence-electron chi connectivity index (χ3n) is 5.37. The maximum absolute atomic E-state index is 13.1. The molecule has 1 amide bonds. The van der Waals surface area contributed by atoms with Crippen LogP contribution in [-0.4, -0.2) is 33.3 Å². The summed E-state index contributed by atoms with van der Waals surface area (Å²) in [6, 6.07) is 19.2. The Kier molecular flexibility index (Phi) is 6.03. The van der Waals surface area contributed by atoms with E-state index in [0.29, 0.717) is 23.6 Å². The molecule has 4 rings (SSSR count). The Morgan fingerprint density at radius 2 is 1.88 bits per heavy atom. The third kappa shape index (κ3) is 4.12. The highest BCUT2D eigenvalue weighted by Gasteiger charge is 2.46. The van der Waals surface area contributed by atoms with Gasteiger partial charge in [0, 0.05) is 11.8 Å². The molecule has 0 bridgehead atoms. The molecule has 3 aromatic rings. The zero-order valence-corrected chi connectivity index (χ0v) is 18.0. The molecule has 0 saturated carbocycles. The number of aromatic nitrogens is 1. The van der Waals surface area contributed by atoms with Crippen molar-refractivity contribution < 1.29 is 19.4 Å². The Hall–Kier alpha value is -3.93. The molecule has 0 aliphatic carbocycles. The number of ketones is 1. The predicted octanol–water partition coefficient (Wildman–Crippen LogP) is 4.41. The molecule has 2 aromatic carbocycles. The lowest BCUT2D eigenvalue weighted by atomic mass is 9.94. The first-order valence-corrected chi connectivity index (χ1v) is 10.5. The summed E-state index contributed by atoms with van der Waals surface area (Å²) < 4.78 is 5.53. The van der Waals surface area contributed by atoms with Gasteiger partial charge in [0.1, 0.15) is 11.5 Å². The van der Waals surface area contributed by atoms with E-state index in [4.69, 9.17) is 4.74 Å². The van der Waals surface area contributed by atoms with E-state index >= 15 is 0 Å². The number of rotatable bonds is 6. The molecule has 32 heavy (non-hydrogen) atoms. The summed E-state index contributed by atoms with van der Waals surface area (Å²) in [5.41, 5.74) is 2.88. The van der Waals surface area contributed by atoms with Crippen molar-refractivity contribution in [1.82, 2.24) is 9.88 Å². The van der Waals surface area contributed by atoms with Crippen LogP contribution < -0.4 is 4.74 Å². The number of carbonyl (C=O) groups is 2. The molecule has 1 atom stereocenters. The molecular formula is C26H24N2O4. The van der Waals surface area contributed by atoms with E-state index in [2.05, 4.69) is 4.98 Å². The van der Waals surface area contributed by atoms with Crippen molar-refractivity contribution in [1.29, 1.82) is 0 Å². The number of hydrogen-bond acceptors (Lipinski definition) is 5. The van der Waals surface area contributed by atoms with Crippen molar-refractivity contribution in [2.24, 2.45) is 0 Å². The van der Waals surface area contributed by atoms with Crippen molar-refractivity contribution in [3.8, 4) is 5.75 Å². The summed E-state index contributed by atoms with van der Waals surface area (Å²) in [7, 11) is 0. The number of carbonyl (C=O) groups excluding carboxylic acids is 2. The van der Waals surface area contributed by atoms with Crippen LogP contribution in [0, 0.1) is 6.92 Å². The SMILES string of the molecule is CCOc1cccc(/C(O)=C2/C(=O)C(=O)N(Cc3ccccn3)C2c2cccc(C)c2)c1. The number of aliphatic hydroxyl groups excluding tert-OH is 1. The number of benzene rings is 2. The summed E-state index contributed by atoms with van der Waals surface area (Å²) in [6.45, 7) is 4.44. The summed E-state index contributed by atoms with van der Waals surface area (Å²) in [6.07, 6.45) is 1.65. The van der Waals surface area contributed by atoms with Crippen LogP contribution in [0.2, 0.25) is 0 Å². The maximum Gasteiger partial charge on any atom is 0.296 e. The molecule has 6 heteroatoms. The number of pyridine rings is 1. The van der Waals surface area contributed by atoms with Crippen LogP contribution in [-0.2, 0) is 16.1 Å². The van der Waals surface area contributed by atoms with Gasteiger partial charge in [0.15, 0.2) is 0 Å². The average molecular weight is 428 g/mol. The van der Waals surface area contributed by atoms with Gasteiger partial charge in [-0.25, -0.2) is 0 Å². The molecular weight excluding hydrogens is 404 g/mol. The molecule has 1 saturated heterocycles. The Balaban J connectivity index is 1.85. The zero-order chi connectivity index (χ0) is 22.7. The number of aryl methyl sites for hydroxylation is 1. The summed E-state index contributed by atoms with van der Waals surface area (Å²) in [4.78, 5) is 32.0. The van der Waals surface area contributed by atoms with Gasteiger partial charge >= 0.3 is 0 Å². The number of amides is 1. The molecule has 2 heterocycles. The second kappa shape index (κ2) is 9.06. The zero-order valence-electron chi connectivity index (χ0n) is 18.0. The second-order valence-electron chi connectivity index (χ2n) is 7.62. The Morgan fingerprint density at radius 3 is 2.59 bits per heavy atom. The van der Waals surface area contributed by atoms with E-state index in [1.54, 1.807) is 42.6 Å². The van der Waals surface area contributed by atoms with Gasteiger partial charge in [0.25, 0.3) is 11.7 Å². The van der Waals surface area contributed by atoms with E-state index in [0.717, 1.165) is 11.1 Å². The minimum Gasteiger partial charge on any atom is -0.507 e. The van der Waals surface area contributed by atoms with Gasteiger partial charge < -0.3 is 14.7 Å². The van der Waals surface area contributed by atoms with Crippen molar-refractivity contribution in [2.45, 2.75) is 26.4 Å². The quantitative estimate of drug-likeness (QED) is 0.357. The topological polar surface area (TPSA) is 79.7 Å².